The highest BCUT2D eigenvalue weighted by molar-refractivity contribution is 5.55. The van der Waals surface area contributed by atoms with E-state index in [2.05, 4.69) is 10.2 Å². The van der Waals surface area contributed by atoms with Gasteiger partial charge in [0, 0.05) is 46.5 Å². The van der Waals surface area contributed by atoms with Crippen LogP contribution in [0.5, 0.6) is 0 Å². The number of benzene rings is 1. The Morgan fingerprint density at radius 2 is 2.14 bits per heavy atom. The smallest absolute Gasteiger partial charge is 0.146 e. The molecule has 1 saturated heterocycles. The number of hydrogen-bond acceptors (Lipinski definition) is 4. The minimum atomic E-state index is -0.157. The number of halogens is 1. The van der Waals surface area contributed by atoms with E-state index in [1.54, 1.807) is 13.2 Å². The topological polar surface area (TPSA) is 33.7 Å². The average molecular weight is 296 g/mol. The Morgan fingerprint density at radius 1 is 1.38 bits per heavy atom. The van der Waals surface area contributed by atoms with Crippen molar-refractivity contribution in [3.8, 4) is 0 Å². The Kier molecular flexibility index (Phi) is 6.42. The number of anilines is 1. The highest BCUT2D eigenvalue weighted by atomic mass is 19.1. The van der Waals surface area contributed by atoms with E-state index in [0.29, 0.717) is 24.9 Å². The molecule has 1 aliphatic heterocycles. The van der Waals surface area contributed by atoms with Crippen molar-refractivity contribution in [1.29, 1.82) is 0 Å². The zero-order valence-electron chi connectivity index (χ0n) is 12.9. The van der Waals surface area contributed by atoms with Gasteiger partial charge in [0.05, 0.1) is 12.3 Å². The zero-order valence-corrected chi connectivity index (χ0v) is 12.9. The van der Waals surface area contributed by atoms with E-state index < -0.39 is 0 Å². The first-order chi connectivity index (χ1) is 10.2. The third kappa shape index (κ3) is 4.40. The van der Waals surface area contributed by atoms with Gasteiger partial charge in [-0.1, -0.05) is 12.1 Å². The predicted octanol–water partition coefficient (Wildman–Crippen LogP) is 2.18. The molecule has 0 aliphatic carbocycles. The molecule has 0 bridgehead atoms. The minimum Gasteiger partial charge on any atom is -0.383 e. The predicted molar refractivity (Wildman–Crippen MR) is 82.2 cm³/mol. The molecule has 1 aliphatic rings. The van der Waals surface area contributed by atoms with Crippen LogP contribution in [0.4, 0.5) is 10.1 Å². The molecule has 1 N–H and O–H groups in total. The fourth-order valence-corrected chi connectivity index (χ4v) is 2.75. The van der Waals surface area contributed by atoms with Gasteiger partial charge in [0.15, 0.2) is 0 Å². The maximum absolute atomic E-state index is 14.3. The minimum absolute atomic E-state index is 0.157. The normalized spacial score (nSPS) is 16.1. The summed E-state index contributed by atoms with van der Waals surface area (Å²) in [6.07, 6.45) is 1.89. The van der Waals surface area contributed by atoms with E-state index >= 15 is 0 Å². The molecule has 0 unspecified atom stereocenters. The quantitative estimate of drug-likeness (QED) is 0.782. The van der Waals surface area contributed by atoms with Crippen molar-refractivity contribution in [2.75, 3.05) is 45.4 Å². The highest BCUT2D eigenvalue weighted by Gasteiger charge is 2.22. The summed E-state index contributed by atoms with van der Waals surface area (Å²) in [5.74, 6) is -0.157. The summed E-state index contributed by atoms with van der Waals surface area (Å²) >= 11 is 0. The van der Waals surface area contributed by atoms with Gasteiger partial charge in [-0.05, 0) is 24.5 Å². The zero-order chi connectivity index (χ0) is 15.1. The molecule has 5 heteroatoms. The summed E-state index contributed by atoms with van der Waals surface area (Å²) in [6.45, 7) is 3.56. The summed E-state index contributed by atoms with van der Waals surface area (Å²) < 4.78 is 24.7. The van der Waals surface area contributed by atoms with Gasteiger partial charge in [-0.2, -0.15) is 0 Å². The third-order valence-electron chi connectivity index (χ3n) is 3.96. The van der Waals surface area contributed by atoms with Crippen molar-refractivity contribution < 1.29 is 13.9 Å². The van der Waals surface area contributed by atoms with Gasteiger partial charge in [-0.15, -0.1) is 0 Å². The maximum Gasteiger partial charge on any atom is 0.146 e. The van der Waals surface area contributed by atoms with E-state index in [4.69, 9.17) is 9.47 Å². The van der Waals surface area contributed by atoms with Crippen molar-refractivity contribution in [3.63, 3.8) is 0 Å². The van der Waals surface area contributed by atoms with Crippen LogP contribution < -0.4 is 10.2 Å². The van der Waals surface area contributed by atoms with Crippen LogP contribution >= 0.6 is 0 Å². The van der Waals surface area contributed by atoms with Crippen LogP contribution in [0.2, 0.25) is 0 Å². The molecule has 2 rings (SSSR count). The molecule has 118 valence electrons. The number of nitrogens with zero attached hydrogens (tertiary/aromatic N) is 1. The average Bonchev–Trinajstić information content (AvgIpc) is 2.52. The van der Waals surface area contributed by atoms with Crippen molar-refractivity contribution in [2.24, 2.45) is 0 Å². The van der Waals surface area contributed by atoms with E-state index in [-0.39, 0.29) is 5.82 Å². The first-order valence-electron chi connectivity index (χ1n) is 7.51. The number of para-hydroxylation sites is 1. The van der Waals surface area contributed by atoms with Crippen LogP contribution in [0.25, 0.3) is 0 Å². The number of nitrogens with one attached hydrogen (secondary N) is 1. The van der Waals surface area contributed by atoms with Crippen LogP contribution in [0, 0.1) is 5.82 Å². The molecule has 1 aromatic rings. The number of ether oxygens (including phenoxy) is 2. The second kappa shape index (κ2) is 8.32. The monoisotopic (exact) mass is 296 g/mol. The largest absolute Gasteiger partial charge is 0.383 e. The SMILES string of the molecule is COCCNCc1cccc(F)c1N(C)C1CCOCC1. The molecule has 0 aromatic heterocycles. The summed E-state index contributed by atoms with van der Waals surface area (Å²) in [5.41, 5.74) is 1.69. The Hall–Kier alpha value is -1.17. The van der Waals surface area contributed by atoms with Crippen LogP contribution in [-0.2, 0) is 16.0 Å². The molecule has 1 fully saturated rings. The lowest BCUT2D eigenvalue weighted by molar-refractivity contribution is 0.0853. The van der Waals surface area contributed by atoms with Crippen molar-refractivity contribution in [2.45, 2.75) is 25.4 Å². The van der Waals surface area contributed by atoms with E-state index in [0.717, 1.165) is 38.2 Å². The van der Waals surface area contributed by atoms with Gasteiger partial charge in [0.25, 0.3) is 0 Å². The first-order valence-corrected chi connectivity index (χ1v) is 7.51. The molecule has 1 heterocycles. The maximum atomic E-state index is 14.3. The fraction of sp³-hybridized carbons (Fsp3) is 0.625. The lowest BCUT2D eigenvalue weighted by Gasteiger charge is -2.34. The highest BCUT2D eigenvalue weighted by Crippen LogP contribution is 2.28. The van der Waals surface area contributed by atoms with E-state index in [1.807, 2.05) is 13.1 Å². The molecule has 21 heavy (non-hydrogen) atoms. The molecular weight excluding hydrogens is 271 g/mol. The molecular formula is C16H25FN2O2. The molecule has 4 nitrogen and oxygen atoms in total. The van der Waals surface area contributed by atoms with Crippen molar-refractivity contribution >= 4 is 5.69 Å². The molecule has 0 spiro atoms. The lowest BCUT2D eigenvalue weighted by Crippen LogP contribution is -2.38. The van der Waals surface area contributed by atoms with Crippen LogP contribution in [0.15, 0.2) is 18.2 Å². The van der Waals surface area contributed by atoms with E-state index in [9.17, 15) is 4.39 Å². The molecule has 0 saturated carbocycles. The number of rotatable bonds is 7. The summed E-state index contributed by atoms with van der Waals surface area (Å²) in [7, 11) is 3.65. The Bertz CT molecular complexity index is 436. The van der Waals surface area contributed by atoms with Gasteiger partial charge in [0.1, 0.15) is 5.82 Å². The Morgan fingerprint density at radius 3 is 2.86 bits per heavy atom. The van der Waals surface area contributed by atoms with Gasteiger partial charge in [-0.25, -0.2) is 4.39 Å². The summed E-state index contributed by atoms with van der Waals surface area (Å²) in [4.78, 5) is 2.07. The van der Waals surface area contributed by atoms with E-state index in [1.165, 1.54) is 6.07 Å². The van der Waals surface area contributed by atoms with Crippen molar-refractivity contribution in [3.05, 3.63) is 29.6 Å². The van der Waals surface area contributed by atoms with Crippen molar-refractivity contribution in [1.82, 2.24) is 5.32 Å². The van der Waals surface area contributed by atoms with Crippen LogP contribution in [0.3, 0.4) is 0 Å². The van der Waals surface area contributed by atoms with Gasteiger partial charge >= 0.3 is 0 Å². The Labute approximate surface area is 126 Å². The first kappa shape index (κ1) is 16.2. The van der Waals surface area contributed by atoms with Crippen LogP contribution in [0.1, 0.15) is 18.4 Å². The fourth-order valence-electron chi connectivity index (χ4n) is 2.75. The molecule has 0 atom stereocenters. The summed E-state index contributed by atoms with van der Waals surface area (Å²) in [6, 6.07) is 5.62. The molecule has 1 aromatic carbocycles. The molecule has 0 amide bonds. The standard InChI is InChI=1S/C16H25FN2O2/c1-19(14-6-9-21-10-7-14)16-13(4-3-5-15(16)17)12-18-8-11-20-2/h3-5,14,18H,6-12H2,1-2H3. The number of methoxy groups -OCH3 is 1. The Balaban J connectivity index is 2.08. The molecule has 0 radical (unpaired) electrons. The second-order valence-electron chi connectivity index (χ2n) is 5.37. The number of hydrogen-bond donors (Lipinski definition) is 1. The summed E-state index contributed by atoms with van der Waals surface area (Å²) in [5, 5.41) is 3.28. The van der Waals surface area contributed by atoms with Gasteiger partial charge in [0.2, 0.25) is 0 Å². The van der Waals surface area contributed by atoms with Crippen LogP contribution in [-0.4, -0.2) is 46.6 Å². The third-order valence-corrected chi connectivity index (χ3v) is 3.96. The van der Waals surface area contributed by atoms with Gasteiger partial charge < -0.3 is 19.7 Å². The second-order valence-corrected chi connectivity index (χ2v) is 5.37. The lowest BCUT2D eigenvalue weighted by atomic mass is 10.0. The van der Waals surface area contributed by atoms with Gasteiger partial charge in [-0.3, -0.25) is 0 Å².